The fourth-order valence-electron chi connectivity index (χ4n) is 3.02. The van der Waals surface area contributed by atoms with Crippen LogP contribution in [0.25, 0.3) is 9.69 Å². The Morgan fingerprint density at radius 2 is 1.69 bits per heavy atom. The van der Waals surface area contributed by atoms with Crippen molar-refractivity contribution in [1.82, 2.24) is 0 Å². The van der Waals surface area contributed by atoms with E-state index in [1.807, 2.05) is 12.1 Å². The SMILES string of the molecule is [C-]#[N+]c1ccc(NC(=O)C2(C)CC(c3ccc(NC(C)=O)cc3)N=N2)cc1[N+]#[C-]. The first-order valence-electron chi connectivity index (χ1n) is 8.84. The zero-order chi connectivity index (χ0) is 21.0. The molecule has 0 spiro atoms. The van der Waals surface area contributed by atoms with Crippen LogP contribution in [-0.2, 0) is 9.59 Å². The number of rotatable bonds is 4. The van der Waals surface area contributed by atoms with Crippen molar-refractivity contribution in [3.05, 3.63) is 70.9 Å². The van der Waals surface area contributed by atoms with Crippen LogP contribution in [-0.4, -0.2) is 17.4 Å². The summed E-state index contributed by atoms with van der Waals surface area (Å²) in [6.07, 6.45) is 0.397. The fourth-order valence-corrected chi connectivity index (χ4v) is 3.02. The lowest BCUT2D eigenvalue weighted by molar-refractivity contribution is -0.120. The Hall–Kier alpha value is -4.04. The van der Waals surface area contributed by atoms with E-state index in [1.165, 1.54) is 19.1 Å². The van der Waals surface area contributed by atoms with E-state index in [1.54, 1.807) is 25.1 Å². The zero-order valence-corrected chi connectivity index (χ0v) is 15.9. The average Bonchev–Trinajstić information content (AvgIpc) is 3.11. The van der Waals surface area contributed by atoms with Gasteiger partial charge in [0.05, 0.1) is 19.2 Å². The second kappa shape index (κ2) is 7.91. The predicted octanol–water partition coefficient (Wildman–Crippen LogP) is 5.04. The lowest BCUT2D eigenvalue weighted by Crippen LogP contribution is -2.37. The first-order valence-corrected chi connectivity index (χ1v) is 8.84. The number of azo groups is 1. The van der Waals surface area contributed by atoms with E-state index in [0.29, 0.717) is 17.8 Å². The van der Waals surface area contributed by atoms with Gasteiger partial charge in [0.25, 0.3) is 5.91 Å². The molecule has 144 valence electrons. The number of nitrogens with one attached hydrogen (secondary N) is 2. The number of benzene rings is 2. The van der Waals surface area contributed by atoms with E-state index in [9.17, 15) is 9.59 Å². The number of hydrogen-bond donors (Lipinski definition) is 2. The molecule has 1 heterocycles. The molecule has 2 unspecified atom stereocenters. The van der Waals surface area contributed by atoms with Crippen molar-refractivity contribution in [2.45, 2.75) is 31.8 Å². The van der Waals surface area contributed by atoms with Crippen molar-refractivity contribution >= 4 is 34.6 Å². The molecule has 8 nitrogen and oxygen atoms in total. The highest BCUT2D eigenvalue weighted by atomic mass is 16.2. The van der Waals surface area contributed by atoms with Crippen LogP contribution < -0.4 is 10.6 Å². The highest BCUT2D eigenvalue weighted by Crippen LogP contribution is 2.38. The van der Waals surface area contributed by atoms with Crippen LogP contribution in [0.3, 0.4) is 0 Å². The summed E-state index contributed by atoms with van der Waals surface area (Å²) in [5.74, 6) is -0.474. The second-order valence-electron chi connectivity index (χ2n) is 6.89. The summed E-state index contributed by atoms with van der Waals surface area (Å²) in [5, 5.41) is 13.9. The molecule has 0 saturated heterocycles. The van der Waals surface area contributed by atoms with Gasteiger partial charge in [0.15, 0.2) is 16.9 Å². The van der Waals surface area contributed by atoms with Crippen LogP contribution in [0.1, 0.15) is 31.9 Å². The normalized spacial score (nSPS) is 19.8. The Morgan fingerprint density at radius 1 is 1.03 bits per heavy atom. The molecule has 2 amide bonds. The highest BCUT2D eigenvalue weighted by Gasteiger charge is 2.41. The maximum absolute atomic E-state index is 12.8. The zero-order valence-electron chi connectivity index (χ0n) is 15.9. The molecule has 1 aliphatic rings. The van der Waals surface area contributed by atoms with Crippen molar-refractivity contribution in [3.8, 4) is 0 Å². The first kappa shape index (κ1) is 19.7. The summed E-state index contributed by atoms with van der Waals surface area (Å²) in [4.78, 5) is 30.5. The topological polar surface area (TPSA) is 91.6 Å². The molecule has 0 aromatic heterocycles. The lowest BCUT2D eigenvalue weighted by atomic mass is 9.91. The van der Waals surface area contributed by atoms with Gasteiger partial charge < -0.3 is 10.6 Å². The minimum Gasteiger partial charge on any atom is -0.326 e. The average molecular weight is 386 g/mol. The smallest absolute Gasteiger partial charge is 0.253 e. The third-order valence-electron chi connectivity index (χ3n) is 4.59. The van der Waals surface area contributed by atoms with Gasteiger partial charge in [0.1, 0.15) is 0 Å². The van der Waals surface area contributed by atoms with Crippen LogP contribution in [0.5, 0.6) is 0 Å². The first-order chi connectivity index (χ1) is 13.8. The summed E-state index contributed by atoms with van der Waals surface area (Å²) in [7, 11) is 0. The Morgan fingerprint density at radius 3 is 2.31 bits per heavy atom. The summed E-state index contributed by atoms with van der Waals surface area (Å²) in [5.41, 5.74) is 1.41. The van der Waals surface area contributed by atoms with E-state index in [2.05, 4.69) is 30.6 Å². The van der Waals surface area contributed by atoms with Crippen molar-refractivity contribution < 1.29 is 9.59 Å². The Balaban J connectivity index is 1.70. The molecule has 0 saturated carbocycles. The Bertz CT molecular complexity index is 1080. The number of carbonyl (C=O) groups is 2. The predicted molar refractivity (Wildman–Crippen MR) is 109 cm³/mol. The van der Waals surface area contributed by atoms with Gasteiger partial charge in [-0.3, -0.25) is 19.3 Å². The molecule has 0 fully saturated rings. The second-order valence-corrected chi connectivity index (χ2v) is 6.89. The van der Waals surface area contributed by atoms with Crippen LogP contribution in [0, 0.1) is 13.1 Å². The number of anilines is 2. The van der Waals surface area contributed by atoms with E-state index >= 15 is 0 Å². The Labute approximate surface area is 168 Å². The van der Waals surface area contributed by atoms with Crippen molar-refractivity contribution in [2.24, 2.45) is 10.2 Å². The molecule has 8 heteroatoms. The maximum atomic E-state index is 12.8. The largest absolute Gasteiger partial charge is 0.326 e. The molecule has 0 bridgehead atoms. The number of amides is 2. The molecule has 1 aliphatic heterocycles. The van der Waals surface area contributed by atoms with Gasteiger partial charge in [-0.25, -0.2) is 0 Å². The van der Waals surface area contributed by atoms with Gasteiger partial charge in [0, 0.05) is 24.7 Å². The summed E-state index contributed by atoms with van der Waals surface area (Å²) in [6, 6.07) is 11.6. The molecule has 2 atom stereocenters. The summed E-state index contributed by atoms with van der Waals surface area (Å²) in [6.45, 7) is 17.4. The lowest BCUT2D eigenvalue weighted by Gasteiger charge is -2.19. The van der Waals surface area contributed by atoms with Gasteiger partial charge in [-0.1, -0.05) is 24.3 Å². The molecule has 0 radical (unpaired) electrons. The van der Waals surface area contributed by atoms with E-state index in [4.69, 9.17) is 13.1 Å². The van der Waals surface area contributed by atoms with Gasteiger partial charge in [-0.15, -0.1) is 0 Å². The summed E-state index contributed by atoms with van der Waals surface area (Å²) >= 11 is 0. The maximum Gasteiger partial charge on any atom is 0.253 e. The van der Waals surface area contributed by atoms with E-state index in [0.717, 1.165) is 5.56 Å². The highest BCUT2D eigenvalue weighted by molar-refractivity contribution is 5.99. The number of hydrogen-bond acceptors (Lipinski definition) is 4. The molecule has 2 N–H and O–H groups in total. The van der Waals surface area contributed by atoms with E-state index < -0.39 is 5.54 Å². The third kappa shape index (κ3) is 4.28. The van der Waals surface area contributed by atoms with E-state index in [-0.39, 0.29) is 29.2 Å². The Kier molecular flexibility index (Phi) is 5.38. The van der Waals surface area contributed by atoms with Crippen molar-refractivity contribution in [3.63, 3.8) is 0 Å². The monoisotopic (exact) mass is 386 g/mol. The molecule has 29 heavy (non-hydrogen) atoms. The minimum atomic E-state index is -1.04. The van der Waals surface area contributed by atoms with Crippen LogP contribution in [0.4, 0.5) is 22.7 Å². The van der Waals surface area contributed by atoms with Gasteiger partial charge in [-0.2, -0.15) is 10.2 Å². The van der Waals surface area contributed by atoms with Crippen LogP contribution in [0.15, 0.2) is 52.7 Å². The molecular formula is C21H18N6O2. The quantitative estimate of drug-likeness (QED) is 0.721. The minimum absolute atomic E-state index is 0.145. The third-order valence-corrected chi connectivity index (χ3v) is 4.59. The fraction of sp³-hybridized carbons (Fsp3) is 0.238. The van der Waals surface area contributed by atoms with Gasteiger partial charge in [-0.05, 0) is 30.7 Å². The number of nitrogens with zero attached hydrogens (tertiary/aromatic N) is 4. The van der Waals surface area contributed by atoms with Gasteiger partial charge in [0.2, 0.25) is 5.91 Å². The molecule has 0 aliphatic carbocycles. The molecular weight excluding hydrogens is 368 g/mol. The standard InChI is InChI=1S/C21H18N6O2/c1-13(28)24-15-7-5-14(6-8-15)19-12-21(2,27-26-19)20(29)25-16-9-10-17(22-3)18(11-16)23-4/h5-11,19H,12H2,1-2H3,(H,24,28)(H,25,29). The number of carbonyl (C=O) groups excluding carboxylic acids is 2. The van der Waals surface area contributed by atoms with Crippen molar-refractivity contribution in [2.75, 3.05) is 10.6 Å². The molecule has 2 aromatic carbocycles. The summed E-state index contributed by atoms with van der Waals surface area (Å²) < 4.78 is 0. The molecule has 2 aromatic rings. The van der Waals surface area contributed by atoms with Gasteiger partial charge >= 0.3 is 0 Å². The van der Waals surface area contributed by atoms with Crippen LogP contribution in [0.2, 0.25) is 0 Å². The molecule has 3 rings (SSSR count). The van der Waals surface area contributed by atoms with Crippen molar-refractivity contribution in [1.29, 1.82) is 0 Å². The van der Waals surface area contributed by atoms with Crippen LogP contribution >= 0.6 is 0 Å².